The van der Waals surface area contributed by atoms with Gasteiger partial charge in [-0.2, -0.15) is 0 Å². The summed E-state index contributed by atoms with van der Waals surface area (Å²) < 4.78 is 23.5. The molecule has 8 nitrogen and oxygen atoms in total. The third-order valence-electron chi connectivity index (χ3n) is 10.1. The van der Waals surface area contributed by atoms with Gasteiger partial charge in [0.1, 0.15) is 13.2 Å². The summed E-state index contributed by atoms with van der Waals surface area (Å²) in [5.41, 5.74) is 0. The van der Waals surface area contributed by atoms with Crippen LogP contribution in [0.3, 0.4) is 0 Å². The van der Waals surface area contributed by atoms with E-state index in [1.807, 2.05) is 27.2 Å². The molecular formula is C51H92N2O6P+. The monoisotopic (exact) mass is 860 g/mol. The van der Waals surface area contributed by atoms with Crippen molar-refractivity contribution in [2.75, 3.05) is 40.9 Å². The Balaban J connectivity index is 4.27. The lowest BCUT2D eigenvalue weighted by Gasteiger charge is -2.25. The van der Waals surface area contributed by atoms with Gasteiger partial charge < -0.3 is 19.8 Å². The van der Waals surface area contributed by atoms with Gasteiger partial charge in [-0.1, -0.05) is 189 Å². The second-order valence-corrected chi connectivity index (χ2v) is 18.6. The molecule has 0 aromatic heterocycles. The molecule has 0 aromatic rings. The summed E-state index contributed by atoms with van der Waals surface area (Å²) in [7, 11) is 1.55. The number of phosphoric ester groups is 1. The van der Waals surface area contributed by atoms with Crippen molar-refractivity contribution in [2.45, 2.75) is 193 Å². The third kappa shape index (κ3) is 43.8. The van der Waals surface area contributed by atoms with Gasteiger partial charge in [-0.3, -0.25) is 13.8 Å². The minimum absolute atomic E-state index is 0.0554. The standard InChI is InChI=1S/C51H91N2O6P/c1-6-8-10-12-14-16-18-19-20-21-22-23-24-25-26-27-28-29-30-31-32-33-35-37-39-41-43-45-51(55)52-49(48-59-60(56,57)58-47-46-53(3,4)5)50(54)44-42-40-38-36-34-17-15-13-11-9-7-2/h8,10,14,16,19-20,22-23,25-26,28-29,42,44,49-50,54H,6-7,9,11-13,15,17-18,21,24,27,30-41,43,45-48H2,1-5H3,(H-,52,55,56,57)/p+1/b10-8-,16-14-,20-19-,23-22-,26-25-,29-28-,44-42+. The molecule has 0 rings (SSSR count). The maximum Gasteiger partial charge on any atom is 0.472 e. The van der Waals surface area contributed by atoms with Crippen LogP contribution in [-0.2, 0) is 18.4 Å². The Morgan fingerprint density at radius 3 is 1.47 bits per heavy atom. The van der Waals surface area contributed by atoms with Crippen molar-refractivity contribution in [3.8, 4) is 0 Å². The Bertz CT molecular complexity index is 1250. The molecule has 0 spiro atoms. The average Bonchev–Trinajstić information content (AvgIpc) is 3.20. The lowest BCUT2D eigenvalue weighted by Crippen LogP contribution is -2.45. The number of carbonyl (C=O) groups is 1. The predicted molar refractivity (Wildman–Crippen MR) is 258 cm³/mol. The van der Waals surface area contributed by atoms with Gasteiger partial charge in [0.15, 0.2) is 0 Å². The Kier molecular flexibility index (Phi) is 40.4. The summed E-state index contributed by atoms with van der Waals surface area (Å²) in [6.07, 6.45) is 58.0. The summed E-state index contributed by atoms with van der Waals surface area (Å²) in [5.74, 6) is -0.192. The number of phosphoric acid groups is 1. The van der Waals surface area contributed by atoms with E-state index in [2.05, 4.69) is 92.1 Å². The fourth-order valence-corrected chi connectivity index (χ4v) is 7.07. The zero-order valence-corrected chi connectivity index (χ0v) is 40.1. The van der Waals surface area contributed by atoms with Gasteiger partial charge in [0.2, 0.25) is 5.91 Å². The van der Waals surface area contributed by atoms with Crippen LogP contribution in [-0.4, -0.2) is 73.4 Å². The Morgan fingerprint density at radius 1 is 0.583 bits per heavy atom. The first-order valence-electron chi connectivity index (χ1n) is 24.0. The highest BCUT2D eigenvalue weighted by Crippen LogP contribution is 2.43. The molecule has 60 heavy (non-hydrogen) atoms. The van der Waals surface area contributed by atoms with Gasteiger partial charge in [-0.15, -0.1) is 0 Å². The highest BCUT2D eigenvalue weighted by Gasteiger charge is 2.27. The van der Waals surface area contributed by atoms with Gasteiger partial charge in [-0.05, 0) is 70.6 Å². The van der Waals surface area contributed by atoms with Crippen molar-refractivity contribution >= 4 is 13.7 Å². The van der Waals surface area contributed by atoms with Crippen LogP contribution in [0.25, 0.3) is 0 Å². The maximum atomic E-state index is 12.9. The fraction of sp³-hybridized carbons (Fsp3) is 0.706. The molecular weight excluding hydrogens is 768 g/mol. The van der Waals surface area contributed by atoms with E-state index in [0.717, 1.165) is 83.5 Å². The molecule has 3 N–H and O–H groups in total. The van der Waals surface area contributed by atoms with E-state index < -0.39 is 20.0 Å². The van der Waals surface area contributed by atoms with E-state index in [1.165, 1.54) is 77.0 Å². The van der Waals surface area contributed by atoms with Crippen molar-refractivity contribution < 1.29 is 32.9 Å². The molecule has 0 radical (unpaired) electrons. The van der Waals surface area contributed by atoms with Crippen molar-refractivity contribution in [3.05, 3.63) is 85.1 Å². The van der Waals surface area contributed by atoms with Crippen LogP contribution in [0, 0.1) is 0 Å². The van der Waals surface area contributed by atoms with Gasteiger partial charge in [0.05, 0.1) is 39.9 Å². The molecule has 9 heteroatoms. The number of aliphatic hydroxyl groups is 1. The number of nitrogens with zero attached hydrogens (tertiary/aromatic N) is 1. The highest BCUT2D eigenvalue weighted by atomic mass is 31.2. The molecule has 0 bridgehead atoms. The zero-order chi connectivity index (χ0) is 44.3. The Hall–Kier alpha value is -2.32. The maximum absolute atomic E-state index is 12.9. The number of allylic oxidation sites excluding steroid dienone is 13. The molecule has 0 aliphatic carbocycles. The first-order chi connectivity index (χ1) is 29.0. The first-order valence-corrected chi connectivity index (χ1v) is 25.5. The number of carbonyl (C=O) groups excluding carboxylic acids is 1. The number of rotatable bonds is 42. The number of hydrogen-bond donors (Lipinski definition) is 3. The van der Waals surface area contributed by atoms with E-state index in [4.69, 9.17) is 9.05 Å². The SMILES string of the molecule is CC/C=C\C/C=C\C/C=C\C/C=C\C/C=C\C/C=C\CCCCCCCCCCC(=O)NC(COP(=O)(O)OCC[N+](C)(C)C)C(O)/C=C/CCCCCCCCCCC. The van der Waals surface area contributed by atoms with E-state index in [9.17, 15) is 19.4 Å². The van der Waals surface area contributed by atoms with Gasteiger partial charge in [-0.25, -0.2) is 4.57 Å². The number of hydrogen-bond acceptors (Lipinski definition) is 5. The molecule has 3 atom stereocenters. The van der Waals surface area contributed by atoms with Crippen molar-refractivity contribution in [1.82, 2.24) is 5.32 Å². The van der Waals surface area contributed by atoms with Crippen molar-refractivity contribution in [1.29, 1.82) is 0 Å². The van der Waals surface area contributed by atoms with Crippen LogP contribution in [0.4, 0.5) is 0 Å². The molecule has 0 fully saturated rings. The summed E-state index contributed by atoms with van der Waals surface area (Å²) in [6, 6.07) is -0.854. The Morgan fingerprint density at radius 2 is 1.00 bits per heavy atom. The zero-order valence-electron chi connectivity index (χ0n) is 39.2. The minimum atomic E-state index is -4.34. The number of nitrogens with one attached hydrogen (secondary N) is 1. The molecule has 3 unspecified atom stereocenters. The van der Waals surface area contributed by atoms with Crippen LogP contribution < -0.4 is 5.32 Å². The van der Waals surface area contributed by atoms with E-state index >= 15 is 0 Å². The summed E-state index contributed by atoms with van der Waals surface area (Å²) in [6.45, 7) is 4.66. The molecule has 0 saturated carbocycles. The largest absolute Gasteiger partial charge is 0.472 e. The van der Waals surface area contributed by atoms with Crippen LogP contribution in [0.5, 0.6) is 0 Å². The van der Waals surface area contributed by atoms with Crippen LogP contribution in [0.2, 0.25) is 0 Å². The predicted octanol–water partition coefficient (Wildman–Crippen LogP) is 13.7. The summed E-state index contributed by atoms with van der Waals surface area (Å²) >= 11 is 0. The topological polar surface area (TPSA) is 105 Å². The number of amides is 1. The molecule has 0 aromatic carbocycles. The second-order valence-electron chi connectivity index (χ2n) is 17.1. The minimum Gasteiger partial charge on any atom is -0.387 e. The molecule has 1 amide bonds. The van der Waals surface area contributed by atoms with Crippen LogP contribution in [0.1, 0.15) is 181 Å². The Labute approximate surface area is 369 Å². The number of unbranched alkanes of at least 4 members (excludes halogenated alkanes) is 17. The smallest absolute Gasteiger partial charge is 0.387 e. The molecule has 0 saturated heterocycles. The van der Waals surface area contributed by atoms with Crippen LogP contribution in [0.15, 0.2) is 85.1 Å². The first kappa shape index (κ1) is 57.7. The van der Waals surface area contributed by atoms with Crippen molar-refractivity contribution in [3.63, 3.8) is 0 Å². The normalized spacial score (nSPS) is 15.0. The van der Waals surface area contributed by atoms with Crippen LogP contribution >= 0.6 is 7.82 Å². The fourth-order valence-electron chi connectivity index (χ4n) is 6.34. The van der Waals surface area contributed by atoms with Crippen molar-refractivity contribution in [2.24, 2.45) is 0 Å². The highest BCUT2D eigenvalue weighted by molar-refractivity contribution is 7.47. The molecule has 346 valence electrons. The third-order valence-corrected chi connectivity index (χ3v) is 11.1. The van der Waals surface area contributed by atoms with Gasteiger partial charge >= 0.3 is 7.82 Å². The quantitative estimate of drug-likeness (QED) is 0.0244. The lowest BCUT2D eigenvalue weighted by atomic mass is 10.1. The van der Waals surface area contributed by atoms with E-state index in [-0.39, 0.29) is 19.1 Å². The molecule has 0 heterocycles. The van der Waals surface area contributed by atoms with Gasteiger partial charge in [0.25, 0.3) is 0 Å². The second kappa shape index (κ2) is 42.0. The van der Waals surface area contributed by atoms with E-state index in [1.54, 1.807) is 6.08 Å². The lowest BCUT2D eigenvalue weighted by molar-refractivity contribution is -0.870. The molecule has 0 aliphatic heterocycles. The average molecular weight is 860 g/mol. The van der Waals surface area contributed by atoms with E-state index in [0.29, 0.717) is 17.4 Å². The summed E-state index contributed by atoms with van der Waals surface area (Å²) in [4.78, 5) is 23.1. The molecule has 0 aliphatic rings. The number of quaternary nitrogens is 1. The number of likely N-dealkylation sites (N-methyl/N-ethyl adjacent to an activating group) is 1. The summed E-state index contributed by atoms with van der Waals surface area (Å²) in [5, 5.41) is 13.8. The number of aliphatic hydroxyl groups excluding tert-OH is 1. The van der Waals surface area contributed by atoms with Gasteiger partial charge in [0, 0.05) is 6.42 Å².